The molecule has 3 rings (SSSR count). The van der Waals surface area contributed by atoms with Crippen LogP contribution in [0, 0.1) is 10.1 Å². The molecule has 150 valence electrons. The Labute approximate surface area is 175 Å². The highest BCUT2D eigenvalue weighted by atomic mass is 35.5. The second kappa shape index (κ2) is 8.60. The number of nitro groups is 1. The van der Waals surface area contributed by atoms with Gasteiger partial charge in [-0.15, -0.1) is 0 Å². The molecule has 0 saturated carbocycles. The fraction of sp³-hybridized carbons (Fsp3) is 0.158. The quantitative estimate of drug-likeness (QED) is 0.330. The van der Waals surface area contributed by atoms with Gasteiger partial charge in [-0.05, 0) is 24.3 Å². The molecule has 0 saturated heterocycles. The number of nitro benzene ring substituents is 1. The third-order valence-electron chi connectivity index (χ3n) is 4.30. The van der Waals surface area contributed by atoms with Gasteiger partial charge >= 0.3 is 0 Å². The minimum absolute atomic E-state index is 0.0725. The zero-order valence-electron chi connectivity index (χ0n) is 15.2. The standard InChI is InChI=1S/C19H16Cl2N4O4/c1-24-8-7-22-19(24)18(27)11-5-6-14(15(9-11)25(28)29)23-10-16(26)17-12(20)3-2-4-13(17)21/h2-9,16,23,26H,10H2,1H3. The molecule has 0 aliphatic carbocycles. The van der Waals surface area contributed by atoms with Gasteiger partial charge in [-0.25, -0.2) is 4.98 Å². The number of aryl methyl sites for hydroxylation is 1. The number of aliphatic hydroxyl groups is 1. The Morgan fingerprint density at radius 3 is 2.59 bits per heavy atom. The highest BCUT2D eigenvalue weighted by Crippen LogP contribution is 2.32. The van der Waals surface area contributed by atoms with E-state index in [1.54, 1.807) is 31.4 Å². The second-order valence-corrected chi connectivity index (χ2v) is 7.03. The molecular weight excluding hydrogens is 419 g/mol. The van der Waals surface area contributed by atoms with Crippen LogP contribution in [0.2, 0.25) is 10.0 Å². The van der Waals surface area contributed by atoms with E-state index in [4.69, 9.17) is 23.2 Å². The van der Waals surface area contributed by atoms with Gasteiger partial charge in [0.2, 0.25) is 5.78 Å². The minimum Gasteiger partial charge on any atom is -0.386 e. The van der Waals surface area contributed by atoms with Gasteiger partial charge in [-0.1, -0.05) is 29.3 Å². The third kappa shape index (κ3) is 4.40. The molecule has 0 amide bonds. The van der Waals surface area contributed by atoms with E-state index in [0.29, 0.717) is 5.56 Å². The van der Waals surface area contributed by atoms with Gasteiger partial charge in [0.1, 0.15) is 5.69 Å². The first-order chi connectivity index (χ1) is 13.8. The molecule has 2 aromatic carbocycles. The van der Waals surface area contributed by atoms with Crippen LogP contribution >= 0.6 is 23.2 Å². The molecule has 1 unspecified atom stereocenters. The summed E-state index contributed by atoms with van der Waals surface area (Å²) in [7, 11) is 1.66. The molecule has 1 heterocycles. The molecule has 29 heavy (non-hydrogen) atoms. The molecule has 0 bridgehead atoms. The molecule has 8 nitrogen and oxygen atoms in total. The van der Waals surface area contributed by atoms with Gasteiger partial charge < -0.3 is 15.0 Å². The van der Waals surface area contributed by atoms with E-state index in [1.165, 1.54) is 29.0 Å². The van der Waals surface area contributed by atoms with Crippen molar-refractivity contribution in [1.82, 2.24) is 9.55 Å². The highest BCUT2D eigenvalue weighted by Gasteiger charge is 2.22. The van der Waals surface area contributed by atoms with Crippen molar-refractivity contribution in [3.8, 4) is 0 Å². The predicted molar refractivity (Wildman–Crippen MR) is 110 cm³/mol. The molecule has 2 N–H and O–H groups in total. The van der Waals surface area contributed by atoms with Crippen LogP contribution in [-0.2, 0) is 7.05 Å². The third-order valence-corrected chi connectivity index (χ3v) is 4.96. The van der Waals surface area contributed by atoms with Crippen LogP contribution in [0.25, 0.3) is 0 Å². The zero-order valence-corrected chi connectivity index (χ0v) is 16.7. The molecule has 3 aromatic rings. The fourth-order valence-electron chi connectivity index (χ4n) is 2.82. The normalized spacial score (nSPS) is 11.9. The maximum absolute atomic E-state index is 12.5. The van der Waals surface area contributed by atoms with Gasteiger partial charge in [0.15, 0.2) is 5.82 Å². The number of rotatable bonds is 7. The number of nitrogens with one attached hydrogen (secondary N) is 1. The van der Waals surface area contributed by atoms with Gasteiger partial charge in [-0.3, -0.25) is 14.9 Å². The van der Waals surface area contributed by atoms with Gasteiger partial charge in [0.05, 0.1) is 11.0 Å². The molecule has 1 aromatic heterocycles. The lowest BCUT2D eigenvalue weighted by molar-refractivity contribution is -0.384. The molecule has 1 atom stereocenters. The smallest absolute Gasteiger partial charge is 0.293 e. The number of ketones is 1. The Kier molecular flexibility index (Phi) is 6.17. The summed E-state index contributed by atoms with van der Waals surface area (Å²) in [5.41, 5.74) is 0.301. The Hall–Kier alpha value is -2.94. The fourth-order valence-corrected chi connectivity index (χ4v) is 3.47. The van der Waals surface area contributed by atoms with Crippen molar-refractivity contribution in [1.29, 1.82) is 0 Å². The highest BCUT2D eigenvalue weighted by molar-refractivity contribution is 6.36. The summed E-state index contributed by atoms with van der Waals surface area (Å²) in [6, 6.07) is 8.88. The van der Waals surface area contributed by atoms with Crippen molar-refractivity contribution < 1.29 is 14.8 Å². The van der Waals surface area contributed by atoms with E-state index in [0.717, 1.165) is 0 Å². The average Bonchev–Trinajstić information content (AvgIpc) is 3.11. The van der Waals surface area contributed by atoms with Crippen molar-refractivity contribution >= 4 is 40.4 Å². The lowest BCUT2D eigenvalue weighted by Crippen LogP contribution is -2.14. The van der Waals surface area contributed by atoms with E-state index >= 15 is 0 Å². The summed E-state index contributed by atoms with van der Waals surface area (Å²) in [6.07, 6.45) is 1.99. The summed E-state index contributed by atoms with van der Waals surface area (Å²) in [4.78, 5) is 27.4. The summed E-state index contributed by atoms with van der Waals surface area (Å²) in [5, 5.41) is 25.3. The molecule has 10 heteroatoms. The number of imidazole rings is 1. The van der Waals surface area contributed by atoms with Crippen molar-refractivity contribution in [2.45, 2.75) is 6.10 Å². The zero-order chi connectivity index (χ0) is 21.1. The Bertz CT molecular complexity index is 1060. The predicted octanol–water partition coefficient (Wildman–Crippen LogP) is 4.01. The minimum atomic E-state index is -1.09. The summed E-state index contributed by atoms with van der Waals surface area (Å²) >= 11 is 12.2. The maximum atomic E-state index is 12.5. The van der Waals surface area contributed by atoms with Gasteiger partial charge in [0, 0.05) is 53.2 Å². The lowest BCUT2D eigenvalue weighted by Gasteiger charge is -2.16. The van der Waals surface area contributed by atoms with E-state index in [1.807, 2.05) is 0 Å². The monoisotopic (exact) mass is 434 g/mol. The number of aliphatic hydroxyl groups excluding tert-OH is 1. The summed E-state index contributed by atoms with van der Waals surface area (Å²) < 4.78 is 1.53. The Balaban J connectivity index is 1.84. The van der Waals surface area contributed by atoms with Crippen LogP contribution in [0.4, 0.5) is 11.4 Å². The number of hydrogen-bond acceptors (Lipinski definition) is 6. The van der Waals surface area contributed by atoms with Crippen LogP contribution in [0.3, 0.4) is 0 Å². The Morgan fingerprint density at radius 2 is 2.00 bits per heavy atom. The van der Waals surface area contributed by atoms with E-state index < -0.39 is 16.8 Å². The van der Waals surface area contributed by atoms with Gasteiger partial charge in [0.25, 0.3) is 5.69 Å². The topological polar surface area (TPSA) is 110 Å². The van der Waals surface area contributed by atoms with Crippen molar-refractivity contribution in [3.63, 3.8) is 0 Å². The summed E-state index contributed by atoms with van der Waals surface area (Å²) in [5.74, 6) is -0.265. The largest absolute Gasteiger partial charge is 0.386 e. The molecule has 0 aliphatic heterocycles. The molecular formula is C19H16Cl2N4O4. The number of nitrogens with zero attached hydrogens (tertiary/aromatic N) is 3. The number of hydrogen-bond donors (Lipinski definition) is 2. The van der Waals surface area contributed by atoms with Crippen LogP contribution in [0.5, 0.6) is 0 Å². The summed E-state index contributed by atoms with van der Waals surface area (Å²) in [6.45, 7) is -0.0725. The Morgan fingerprint density at radius 1 is 1.31 bits per heavy atom. The molecule has 0 aliphatic rings. The first-order valence-electron chi connectivity index (χ1n) is 8.46. The maximum Gasteiger partial charge on any atom is 0.293 e. The molecule has 0 radical (unpaired) electrons. The molecule has 0 spiro atoms. The number of anilines is 1. The van der Waals surface area contributed by atoms with Crippen molar-refractivity contribution in [2.75, 3.05) is 11.9 Å². The molecule has 0 fully saturated rings. The number of carbonyl (C=O) groups is 1. The van der Waals surface area contributed by atoms with Crippen molar-refractivity contribution in [2.24, 2.45) is 7.05 Å². The number of halogens is 2. The second-order valence-electron chi connectivity index (χ2n) is 6.21. The van der Waals surface area contributed by atoms with Gasteiger partial charge in [-0.2, -0.15) is 0 Å². The average molecular weight is 435 g/mol. The van der Waals surface area contributed by atoms with Crippen LogP contribution < -0.4 is 5.32 Å². The van der Waals surface area contributed by atoms with E-state index in [-0.39, 0.29) is 39.4 Å². The SMILES string of the molecule is Cn1ccnc1C(=O)c1ccc(NCC(O)c2c(Cl)cccc2Cl)c([N+](=O)[O-])c1. The van der Waals surface area contributed by atoms with E-state index in [9.17, 15) is 20.0 Å². The number of aromatic nitrogens is 2. The lowest BCUT2D eigenvalue weighted by atomic mass is 10.1. The number of benzene rings is 2. The first kappa shape index (κ1) is 20.8. The van der Waals surface area contributed by atoms with Crippen LogP contribution in [0.1, 0.15) is 27.8 Å². The first-order valence-corrected chi connectivity index (χ1v) is 9.21. The van der Waals surface area contributed by atoms with Crippen molar-refractivity contribution in [3.05, 3.63) is 85.9 Å². The van der Waals surface area contributed by atoms with Crippen LogP contribution in [0.15, 0.2) is 48.8 Å². The van der Waals surface area contributed by atoms with E-state index in [2.05, 4.69) is 10.3 Å². The number of carbonyl (C=O) groups excluding carboxylic acids is 1. The van der Waals surface area contributed by atoms with Crippen LogP contribution in [-0.4, -0.2) is 31.9 Å².